The fourth-order valence-corrected chi connectivity index (χ4v) is 4.38. The van der Waals surface area contributed by atoms with Crippen molar-refractivity contribution in [2.45, 2.75) is 45.8 Å². The molecule has 1 N–H and O–H groups in total. The minimum atomic E-state index is -3.84. The lowest BCUT2D eigenvalue weighted by Crippen LogP contribution is -2.54. The van der Waals surface area contributed by atoms with Gasteiger partial charge >= 0.3 is 0 Å². The molecular formula is C24H32ClN3O5S. The van der Waals surface area contributed by atoms with E-state index in [-0.39, 0.29) is 23.2 Å². The number of carbonyl (C=O) groups excluding carboxylic acids is 2. The predicted molar refractivity (Wildman–Crippen MR) is 135 cm³/mol. The zero-order valence-corrected chi connectivity index (χ0v) is 21.9. The van der Waals surface area contributed by atoms with Gasteiger partial charge in [-0.05, 0) is 57.5 Å². The summed E-state index contributed by atoms with van der Waals surface area (Å²) in [6.07, 6.45) is 1.01. The van der Waals surface area contributed by atoms with Gasteiger partial charge in [0.25, 0.3) is 0 Å². The van der Waals surface area contributed by atoms with Crippen LogP contribution in [-0.2, 0) is 26.2 Å². The smallest absolute Gasteiger partial charge is 0.244 e. The molecule has 1 atom stereocenters. The summed E-state index contributed by atoms with van der Waals surface area (Å²) in [6.45, 7) is 6.73. The maximum Gasteiger partial charge on any atom is 0.244 e. The topological polar surface area (TPSA) is 96.0 Å². The Kier molecular flexibility index (Phi) is 8.96. The third-order valence-electron chi connectivity index (χ3n) is 4.98. The number of hydrogen-bond acceptors (Lipinski definition) is 5. The first-order chi connectivity index (χ1) is 15.7. The molecule has 2 aromatic rings. The van der Waals surface area contributed by atoms with E-state index in [1.807, 2.05) is 20.8 Å². The first-order valence-electron chi connectivity index (χ1n) is 10.7. The molecule has 0 bridgehead atoms. The van der Waals surface area contributed by atoms with Gasteiger partial charge in [-0.15, -0.1) is 0 Å². The molecule has 0 fully saturated rings. The number of ether oxygens (including phenoxy) is 1. The molecule has 0 saturated carbocycles. The van der Waals surface area contributed by atoms with Gasteiger partial charge in [-0.1, -0.05) is 35.9 Å². The molecule has 2 amide bonds. The third-order valence-corrected chi connectivity index (χ3v) is 6.42. The van der Waals surface area contributed by atoms with Crippen LogP contribution in [0.3, 0.4) is 0 Å². The van der Waals surface area contributed by atoms with Gasteiger partial charge in [0.2, 0.25) is 21.8 Å². The second-order valence-corrected chi connectivity index (χ2v) is 11.3. The number of benzene rings is 2. The molecule has 0 aromatic heterocycles. The fraction of sp³-hybridized carbons (Fsp3) is 0.417. The Labute approximate surface area is 206 Å². The lowest BCUT2D eigenvalue weighted by atomic mass is 10.1. The Balaban J connectivity index is 2.41. The molecule has 0 saturated heterocycles. The van der Waals surface area contributed by atoms with Gasteiger partial charge in [-0.3, -0.25) is 13.9 Å². The predicted octanol–water partition coefficient (Wildman–Crippen LogP) is 3.45. The van der Waals surface area contributed by atoms with Crippen molar-refractivity contribution in [2.24, 2.45) is 0 Å². The fourth-order valence-electron chi connectivity index (χ4n) is 3.23. The molecule has 34 heavy (non-hydrogen) atoms. The van der Waals surface area contributed by atoms with E-state index in [9.17, 15) is 18.0 Å². The minimum Gasteiger partial charge on any atom is -0.497 e. The van der Waals surface area contributed by atoms with Crippen LogP contribution < -0.4 is 14.4 Å². The highest BCUT2D eigenvalue weighted by Gasteiger charge is 2.31. The van der Waals surface area contributed by atoms with Gasteiger partial charge in [0, 0.05) is 12.1 Å². The second kappa shape index (κ2) is 11.1. The van der Waals surface area contributed by atoms with Crippen molar-refractivity contribution in [1.29, 1.82) is 0 Å². The molecule has 0 heterocycles. The highest BCUT2D eigenvalue weighted by atomic mass is 35.5. The van der Waals surface area contributed by atoms with Crippen LogP contribution in [0.4, 0.5) is 5.69 Å². The van der Waals surface area contributed by atoms with Crippen LogP contribution in [0.2, 0.25) is 5.02 Å². The summed E-state index contributed by atoms with van der Waals surface area (Å²) in [6, 6.07) is 12.6. The summed E-state index contributed by atoms with van der Waals surface area (Å²) in [4.78, 5) is 27.8. The Hall–Kier alpha value is -2.78. The highest BCUT2D eigenvalue weighted by molar-refractivity contribution is 7.92. The number of anilines is 1. The van der Waals surface area contributed by atoms with Crippen LogP contribution in [0.15, 0.2) is 48.5 Å². The summed E-state index contributed by atoms with van der Waals surface area (Å²) in [5.41, 5.74) is 0.445. The largest absolute Gasteiger partial charge is 0.497 e. The Morgan fingerprint density at radius 3 is 2.18 bits per heavy atom. The van der Waals surface area contributed by atoms with Crippen molar-refractivity contribution in [3.8, 4) is 5.75 Å². The van der Waals surface area contributed by atoms with Gasteiger partial charge in [0.15, 0.2) is 0 Å². The molecule has 10 heteroatoms. The van der Waals surface area contributed by atoms with E-state index in [4.69, 9.17) is 16.3 Å². The number of nitrogens with zero attached hydrogens (tertiary/aromatic N) is 2. The Morgan fingerprint density at radius 2 is 1.68 bits per heavy atom. The van der Waals surface area contributed by atoms with Crippen molar-refractivity contribution in [3.05, 3.63) is 59.1 Å². The number of amides is 2. The standard InChI is InChI=1S/C24H32ClN3O5S/c1-17(23(30)26-24(2,3)4)27(15-18-11-13-19(33-5)14-12-18)22(29)16-28(34(6,31)32)21-10-8-7-9-20(21)25/h7-14,17H,15-16H2,1-6H3,(H,26,30)/t17-/m0/s1. The van der Waals surface area contributed by atoms with Gasteiger partial charge in [0.1, 0.15) is 18.3 Å². The number of methoxy groups -OCH3 is 1. The van der Waals surface area contributed by atoms with E-state index in [1.165, 1.54) is 11.0 Å². The molecule has 0 spiro atoms. The number of para-hydroxylation sites is 1. The first kappa shape index (κ1) is 27.5. The molecule has 8 nitrogen and oxygen atoms in total. The van der Waals surface area contributed by atoms with Crippen molar-refractivity contribution in [2.75, 3.05) is 24.2 Å². The first-order valence-corrected chi connectivity index (χ1v) is 12.9. The number of halogens is 1. The third kappa shape index (κ3) is 7.63. The van der Waals surface area contributed by atoms with Crippen molar-refractivity contribution < 1.29 is 22.7 Å². The number of hydrogen-bond donors (Lipinski definition) is 1. The molecule has 0 unspecified atom stereocenters. The van der Waals surface area contributed by atoms with E-state index in [2.05, 4.69) is 5.32 Å². The zero-order valence-electron chi connectivity index (χ0n) is 20.3. The lowest BCUT2D eigenvalue weighted by Gasteiger charge is -2.33. The van der Waals surface area contributed by atoms with Crippen LogP contribution >= 0.6 is 11.6 Å². The lowest BCUT2D eigenvalue weighted by molar-refractivity contribution is -0.140. The Bertz CT molecular complexity index is 1110. The maximum atomic E-state index is 13.5. The summed E-state index contributed by atoms with van der Waals surface area (Å²) < 4.78 is 31.3. The Morgan fingerprint density at radius 1 is 1.09 bits per heavy atom. The highest BCUT2D eigenvalue weighted by Crippen LogP contribution is 2.27. The number of carbonyl (C=O) groups is 2. The maximum absolute atomic E-state index is 13.5. The van der Waals surface area contributed by atoms with Crippen LogP contribution in [-0.4, -0.2) is 56.6 Å². The van der Waals surface area contributed by atoms with Crippen molar-refractivity contribution in [1.82, 2.24) is 10.2 Å². The summed E-state index contributed by atoms with van der Waals surface area (Å²) in [7, 11) is -2.29. The van der Waals surface area contributed by atoms with Gasteiger partial charge in [-0.25, -0.2) is 8.42 Å². The van der Waals surface area contributed by atoms with Crippen LogP contribution in [0, 0.1) is 0 Å². The molecular weight excluding hydrogens is 478 g/mol. The number of sulfonamides is 1. The quantitative estimate of drug-likeness (QED) is 0.558. The van der Waals surface area contributed by atoms with E-state index in [0.29, 0.717) is 5.75 Å². The van der Waals surface area contributed by atoms with E-state index >= 15 is 0 Å². The summed E-state index contributed by atoms with van der Waals surface area (Å²) in [5.74, 6) is -0.238. The molecule has 2 rings (SSSR count). The van der Waals surface area contributed by atoms with Crippen LogP contribution in [0.1, 0.15) is 33.3 Å². The molecule has 186 valence electrons. The van der Waals surface area contributed by atoms with E-state index in [0.717, 1.165) is 16.1 Å². The monoisotopic (exact) mass is 509 g/mol. The van der Waals surface area contributed by atoms with Gasteiger partial charge in [0.05, 0.1) is 24.1 Å². The molecule has 0 aliphatic rings. The molecule has 2 aromatic carbocycles. The molecule has 0 aliphatic heterocycles. The second-order valence-electron chi connectivity index (χ2n) is 9.01. The van der Waals surface area contributed by atoms with Gasteiger partial charge in [-0.2, -0.15) is 0 Å². The molecule has 0 radical (unpaired) electrons. The van der Waals surface area contributed by atoms with Crippen molar-refractivity contribution >= 4 is 39.1 Å². The van der Waals surface area contributed by atoms with Gasteiger partial charge < -0.3 is 15.0 Å². The zero-order chi connectivity index (χ0) is 25.7. The molecule has 0 aliphatic carbocycles. The SMILES string of the molecule is COc1ccc(CN(C(=O)CN(c2ccccc2Cl)S(C)(=O)=O)[C@@H](C)C(=O)NC(C)(C)C)cc1. The number of nitrogens with one attached hydrogen (secondary N) is 1. The van der Waals surface area contributed by atoms with Crippen LogP contribution in [0.5, 0.6) is 5.75 Å². The number of rotatable bonds is 9. The minimum absolute atomic E-state index is 0.0989. The van der Waals surface area contributed by atoms with E-state index < -0.39 is 34.1 Å². The van der Waals surface area contributed by atoms with Crippen LogP contribution in [0.25, 0.3) is 0 Å². The van der Waals surface area contributed by atoms with E-state index in [1.54, 1.807) is 56.5 Å². The normalized spacial score (nSPS) is 12.6. The average Bonchev–Trinajstić information content (AvgIpc) is 2.74. The summed E-state index contributed by atoms with van der Waals surface area (Å²) >= 11 is 6.23. The van der Waals surface area contributed by atoms with Crippen molar-refractivity contribution in [3.63, 3.8) is 0 Å². The average molecular weight is 510 g/mol. The summed E-state index contributed by atoms with van der Waals surface area (Å²) in [5, 5.41) is 3.07.